The average molecular weight is 486 g/mol. The molecule has 4 rings (SSSR count). The maximum Gasteiger partial charge on any atom is 0.573 e. The predicted octanol–water partition coefficient (Wildman–Crippen LogP) is 4.52. The summed E-state index contributed by atoms with van der Waals surface area (Å²) in [6.07, 6.45) is -5.33. The van der Waals surface area contributed by atoms with E-state index in [4.69, 9.17) is 0 Å². The van der Waals surface area contributed by atoms with Crippen LogP contribution in [0.1, 0.15) is 38.6 Å². The largest absolute Gasteiger partial charge is 0.573 e. The first-order chi connectivity index (χ1) is 15.9. The molecule has 0 radical (unpaired) electrons. The first-order valence-corrected chi connectivity index (χ1v) is 10.8. The summed E-state index contributed by atoms with van der Waals surface area (Å²) in [6, 6.07) is 6.28. The van der Waals surface area contributed by atoms with Gasteiger partial charge >= 0.3 is 6.36 Å². The highest BCUT2D eigenvalue weighted by molar-refractivity contribution is 5.97. The Hall–Kier alpha value is -3.18. The number of anilines is 1. The Bertz CT molecular complexity index is 1070. The Labute approximate surface area is 191 Å². The summed E-state index contributed by atoms with van der Waals surface area (Å²) in [5.74, 6) is -4.92. The second-order valence-corrected chi connectivity index (χ2v) is 8.65. The van der Waals surface area contributed by atoms with Crippen LogP contribution in [0.25, 0.3) is 11.3 Å². The number of carbonyl (C=O) groups is 2. The van der Waals surface area contributed by atoms with Gasteiger partial charge in [-0.2, -0.15) is 5.10 Å². The van der Waals surface area contributed by atoms with Crippen LogP contribution < -0.4 is 15.4 Å². The van der Waals surface area contributed by atoms with Gasteiger partial charge < -0.3 is 15.4 Å². The molecule has 2 atom stereocenters. The molecule has 0 spiro atoms. The van der Waals surface area contributed by atoms with Gasteiger partial charge in [0.05, 0.1) is 17.7 Å². The maximum atomic E-state index is 13.7. The number of alkyl halides is 5. The molecule has 2 amide bonds. The molecule has 2 heterocycles. The van der Waals surface area contributed by atoms with E-state index >= 15 is 0 Å². The molecule has 7 nitrogen and oxygen atoms in total. The molecule has 1 aliphatic heterocycles. The molecular weight excluding hydrogens is 463 g/mol. The summed E-state index contributed by atoms with van der Waals surface area (Å²) in [7, 11) is 0. The van der Waals surface area contributed by atoms with E-state index in [0.29, 0.717) is 11.3 Å². The number of hydrogen-bond acceptors (Lipinski definition) is 4. The molecule has 2 N–H and O–H groups in total. The van der Waals surface area contributed by atoms with Gasteiger partial charge in [0, 0.05) is 36.9 Å². The molecule has 2 fully saturated rings. The number of nitrogens with one attached hydrogen (secondary N) is 2. The zero-order valence-electron chi connectivity index (χ0n) is 18.2. The summed E-state index contributed by atoms with van der Waals surface area (Å²) in [4.78, 5) is 24.4. The highest BCUT2D eigenvalue weighted by Gasteiger charge is 2.38. The van der Waals surface area contributed by atoms with E-state index in [2.05, 4.69) is 20.5 Å². The fraction of sp³-hybridized carbons (Fsp3) is 0.500. The Kier molecular flexibility index (Phi) is 6.26. The SMILES string of the molecule is C[C@H]1C(=O)NC[C@@H]1C(=O)Nc1cc(-c2cccc(OC(F)(F)F)c2)n(C2CCC(F)(F)CC2)n1. The summed E-state index contributed by atoms with van der Waals surface area (Å²) in [5, 5.41) is 9.65. The van der Waals surface area contributed by atoms with Gasteiger partial charge in [-0.25, -0.2) is 8.78 Å². The highest BCUT2D eigenvalue weighted by atomic mass is 19.4. The van der Waals surface area contributed by atoms with Gasteiger partial charge in [-0.15, -0.1) is 13.2 Å². The Morgan fingerprint density at radius 2 is 1.94 bits per heavy atom. The number of benzene rings is 1. The smallest absolute Gasteiger partial charge is 0.406 e. The van der Waals surface area contributed by atoms with Crippen LogP contribution in [0.5, 0.6) is 5.75 Å². The predicted molar refractivity (Wildman–Crippen MR) is 111 cm³/mol. The van der Waals surface area contributed by atoms with Gasteiger partial charge in [-0.05, 0) is 25.0 Å². The van der Waals surface area contributed by atoms with Crippen molar-refractivity contribution in [3.8, 4) is 17.0 Å². The average Bonchev–Trinajstić information content (AvgIpc) is 3.30. The van der Waals surface area contributed by atoms with Crippen LogP contribution in [0.15, 0.2) is 30.3 Å². The lowest BCUT2D eigenvalue weighted by atomic mass is 9.92. The van der Waals surface area contributed by atoms with Crippen LogP contribution in [0.2, 0.25) is 0 Å². The minimum Gasteiger partial charge on any atom is -0.406 e. The zero-order chi connectivity index (χ0) is 24.7. The summed E-state index contributed by atoms with van der Waals surface area (Å²) < 4.78 is 70.9. The molecule has 1 aliphatic carbocycles. The lowest BCUT2D eigenvalue weighted by Crippen LogP contribution is -2.29. The molecule has 1 saturated carbocycles. The van der Waals surface area contributed by atoms with E-state index in [-0.39, 0.29) is 44.0 Å². The van der Waals surface area contributed by atoms with Crippen LogP contribution >= 0.6 is 0 Å². The van der Waals surface area contributed by atoms with Crippen molar-refractivity contribution in [3.63, 3.8) is 0 Å². The number of hydrogen-bond donors (Lipinski definition) is 2. The second kappa shape index (κ2) is 8.88. The third-order valence-corrected chi connectivity index (χ3v) is 6.23. The second-order valence-electron chi connectivity index (χ2n) is 8.65. The zero-order valence-corrected chi connectivity index (χ0v) is 18.2. The van der Waals surface area contributed by atoms with Gasteiger partial charge in [0.15, 0.2) is 5.82 Å². The van der Waals surface area contributed by atoms with Gasteiger partial charge in [-0.3, -0.25) is 14.3 Å². The lowest BCUT2D eigenvalue weighted by Gasteiger charge is -2.29. The quantitative estimate of drug-likeness (QED) is 0.609. The third kappa shape index (κ3) is 5.31. The lowest BCUT2D eigenvalue weighted by molar-refractivity contribution is -0.274. The van der Waals surface area contributed by atoms with E-state index in [1.807, 2.05) is 0 Å². The standard InChI is InChI=1S/C22H23F5N4O3/c1-12-16(11-28-19(12)32)20(33)29-18-10-17(13-3-2-4-15(9-13)34-22(25,26)27)31(30-18)14-5-7-21(23,24)8-6-14/h2-4,9-10,12,14,16H,5-8,11H2,1H3,(H,28,32)(H,29,30,33)/t12-,16+/m1/s1. The normalized spacial score (nSPS) is 22.9. The monoisotopic (exact) mass is 486 g/mol. The summed E-state index contributed by atoms with van der Waals surface area (Å²) in [5.41, 5.74) is 0.671. The molecule has 184 valence electrons. The van der Waals surface area contributed by atoms with Crippen molar-refractivity contribution in [3.05, 3.63) is 30.3 Å². The van der Waals surface area contributed by atoms with Gasteiger partial charge in [0.2, 0.25) is 17.7 Å². The van der Waals surface area contributed by atoms with E-state index in [9.17, 15) is 31.5 Å². The number of ether oxygens (including phenoxy) is 1. The summed E-state index contributed by atoms with van der Waals surface area (Å²) >= 11 is 0. The minimum atomic E-state index is -4.88. The van der Waals surface area contributed by atoms with Crippen molar-refractivity contribution in [1.29, 1.82) is 0 Å². The van der Waals surface area contributed by atoms with E-state index in [0.717, 1.165) is 6.07 Å². The molecule has 1 saturated heterocycles. The van der Waals surface area contributed by atoms with E-state index in [1.54, 1.807) is 13.0 Å². The number of halogens is 5. The van der Waals surface area contributed by atoms with Crippen LogP contribution in [0.3, 0.4) is 0 Å². The van der Waals surface area contributed by atoms with Gasteiger partial charge in [-0.1, -0.05) is 19.1 Å². The Morgan fingerprint density at radius 3 is 2.56 bits per heavy atom. The van der Waals surface area contributed by atoms with Crippen molar-refractivity contribution < 1.29 is 36.3 Å². The molecule has 1 aromatic heterocycles. The summed E-state index contributed by atoms with van der Waals surface area (Å²) in [6.45, 7) is 1.80. The van der Waals surface area contributed by atoms with Gasteiger partial charge in [0.1, 0.15) is 5.75 Å². The topological polar surface area (TPSA) is 85.3 Å². The maximum absolute atomic E-state index is 13.7. The molecule has 34 heavy (non-hydrogen) atoms. The number of rotatable bonds is 5. The molecule has 2 aliphatic rings. The fourth-order valence-electron chi connectivity index (χ4n) is 4.34. The van der Waals surface area contributed by atoms with Crippen LogP contribution in [0, 0.1) is 11.8 Å². The highest BCUT2D eigenvalue weighted by Crippen LogP contribution is 2.41. The van der Waals surface area contributed by atoms with Crippen molar-refractivity contribution in [2.45, 2.75) is 50.9 Å². The Morgan fingerprint density at radius 1 is 1.24 bits per heavy atom. The molecule has 0 unspecified atom stereocenters. The number of amides is 2. The minimum absolute atomic E-state index is 0.117. The molecule has 0 bridgehead atoms. The van der Waals surface area contributed by atoms with E-state index in [1.165, 1.54) is 22.9 Å². The van der Waals surface area contributed by atoms with Crippen LogP contribution in [-0.4, -0.2) is 40.4 Å². The molecule has 2 aromatic rings. The fourth-order valence-corrected chi connectivity index (χ4v) is 4.34. The number of nitrogens with zero attached hydrogens (tertiary/aromatic N) is 2. The van der Waals surface area contributed by atoms with Crippen LogP contribution in [0.4, 0.5) is 27.8 Å². The number of aromatic nitrogens is 2. The van der Waals surface area contributed by atoms with Crippen molar-refractivity contribution in [2.24, 2.45) is 11.8 Å². The molecule has 1 aromatic carbocycles. The number of carbonyl (C=O) groups excluding carboxylic acids is 2. The van der Waals surface area contributed by atoms with E-state index < -0.39 is 41.8 Å². The third-order valence-electron chi connectivity index (χ3n) is 6.23. The first kappa shape index (κ1) is 24.0. The van der Waals surface area contributed by atoms with Crippen molar-refractivity contribution in [2.75, 3.05) is 11.9 Å². The van der Waals surface area contributed by atoms with Crippen LogP contribution in [-0.2, 0) is 9.59 Å². The molecular formula is C22H23F5N4O3. The molecule has 12 heteroatoms. The van der Waals surface area contributed by atoms with Crippen molar-refractivity contribution in [1.82, 2.24) is 15.1 Å². The first-order valence-electron chi connectivity index (χ1n) is 10.8. The Balaban J connectivity index is 1.64. The van der Waals surface area contributed by atoms with Crippen molar-refractivity contribution >= 4 is 17.6 Å². The van der Waals surface area contributed by atoms with Gasteiger partial charge in [0.25, 0.3) is 0 Å².